The van der Waals surface area contributed by atoms with Crippen molar-refractivity contribution < 1.29 is 9.53 Å². The molecular formula is C16H32N2O2. The number of amides is 1. The van der Waals surface area contributed by atoms with Crippen molar-refractivity contribution in [3.8, 4) is 0 Å². The molecule has 0 radical (unpaired) electrons. The van der Waals surface area contributed by atoms with Crippen LogP contribution in [0.1, 0.15) is 53.4 Å². The van der Waals surface area contributed by atoms with Crippen molar-refractivity contribution in [1.29, 1.82) is 0 Å². The molecule has 0 spiro atoms. The normalized spacial score (nSPS) is 20.1. The second-order valence-corrected chi connectivity index (χ2v) is 6.65. The second-order valence-electron chi connectivity index (χ2n) is 6.65. The number of rotatable bonds is 8. The van der Waals surface area contributed by atoms with Crippen LogP contribution in [0.2, 0.25) is 0 Å². The van der Waals surface area contributed by atoms with Gasteiger partial charge in [-0.25, -0.2) is 0 Å². The minimum atomic E-state index is -0.276. The maximum absolute atomic E-state index is 12.3. The lowest BCUT2D eigenvalue weighted by molar-refractivity contribution is -0.132. The zero-order chi connectivity index (χ0) is 15.0. The van der Waals surface area contributed by atoms with E-state index in [9.17, 15) is 4.79 Å². The van der Waals surface area contributed by atoms with Crippen LogP contribution in [0.4, 0.5) is 0 Å². The number of nitrogens with one attached hydrogen (secondary N) is 2. The first-order valence-electron chi connectivity index (χ1n) is 8.05. The van der Waals surface area contributed by atoms with Crippen LogP contribution in [0.5, 0.6) is 0 Å². The van der Waals surface area contributed by atoms with E-state index in [0.29, 0.717) is 12.0 Å². The summed E-state index contributed by atoms with van der Waals surface area (Å²) in [5.74, 6) is 0.636. The summed E-state index contributed by atoms with van der Waals surface area (Å²) in [7, 11) is 0. The SMILES string of the molecule is CC(C)OCCCCNC(=O)C(C)(C)C1CCCNC1. The van der Waals surface area contributed by atoms with Crippen LogP contribution < -0.4 is 10.6 Å². The summed E-state index contributed by atoms with van der Waals surface area (Å²) in [4.78, 5) is 12.3. The van der Waals surface area contributed by atoms with Gasteiger partial charge in [0.1, 0.15) is 0 Å². The van der Waals surface area contributed by atoms with Gasteiger partial charge in [0.15, 0.2) is 0 Å². The Morgan fingerprint density at radius 2 is 2.15 bits per heavy atom. The van der Waals surface area contributed by atoms with Gasteiger partial charge >= 0.3 is 0 Å². The molecular weight excluding hydrogens is 252 g/mol. The molecule has 0 aliphatic carbocycles. The molecule has 1 saturated heterocycles. The summed E-state index contributed by atoms with van der Waals surface area (Å²) in [5.41, 5.74) is -0.276. The van der Waals surface area contributed by atoms with E-state index in [0.717, 1.165) is 45.5 Å². The third-order valence-electron chi connectivity index (χ3n) is 4.21. The van der Waals surface area contributed by atoms with Gasteiger partial charge in [0.25, 0.3) is 0 Å². The standard InChI is InChI=1S/C16H32N2O2/c1-13(2)20-11-6-5-10-18-15(19)16(3,4)14-8-7-9-17-12-14/h13-14,17H,5-12H2,1-4H3,(H,18,19). The van der Waals surface area contributed by atoms with Crippen molar-refractivity contribution in [2.24, 2.45) is 11.3 Å². The van der Waals surface area contributed by atoms with Crippen LogP contribution in [-0.2, 0) is 9.53 Å². The molecule has 1 atom stereocenters. The van der Waals surface area contributed by atoms with E-state index >= 15 is 0 Å². The summed E-state index contributed by atoms with van der Waals surface area (Å²) >= 11 is 0. The highest BCUT2D eigenvalue weighted by Gasteiger charge is 2.36. The highest BCUT2D eigenvalue weighted by atomic mass is 16.5. The van der Waals surface area contributed by atoms with Crippen LogP contribution in [0, 0.1) is 11.3 Å². The average molecular weight is 284 g/mol. The highest BCUT2D eigenvalue weighted by Crippen LogP contribution is 2.31. The topological polar surface area (TPSA) is 50.4 Å². The summed E-state index contributed by atoms with van der Waals surface area (Å²) in [6, 6.07) is 0. The number of unbranched alkanes of at least 4 members (excludes halogenated alkanes) is 1. The molecule has 118 valence electrons. The number of piperidine rings is 1. The smallest absolute Gasteiger partial charge is 0.225 e. The molecule has 1 aliphatic heterocycles. The van der Waals surface area contributed by atoms with E-state index in [-0.39, 0.29) is 11.3 Å². The fourth-order valence-electron chi connectivity index (χ4n) is 2.63. The van der Waals surface area contributed by atoms with E-state index in [4.69, 9.17) is 4.74 Å². The van der Waals surface area contributed by atoms with E-state index in [2.05, 4.69) is 24.5 Å². The van der Waals surface area contributed by atoms with Gasteiger partial charge in [-0.3, -0.25) is 4.79 Å². The molecule has 2 N–H and O–H groups in total. The molecule has 0 bridgehead atoms. The monoisotopic (exact) mass is 284 g/mol. The van der Waals surface area contributed by atoms with Crippen LogP contribution in [0.15, 0.2) is 0 Å². The first kappa shape index (κ1) is 17.4. The third-order valence-corrected chi connectivity index (χ3v) is 4.21. The van der Waals surface area contributed by atoms with Crippen LogP contribution >= 0.6 is 0 Å². The molecule has 0 saturated carbocycles. The maximum Gasteiger partial charge on any atom is 0.225 e. The molecule has 0 aromatic carbocycles. The zero-order valence-electron chi connectivity index (χ0n) is 13.6. The van der Waals surface area contributed by atoms with E-state index < -0.39 is 0 Å². The molecule has 1 amide bonds. The Morgan fingerprint density at radius 3 is 2.75 bits per heavy atom. The Hall–Kier alpha value is -0.610. The van der Waals surface area contributed by atoms with Gasteiger partial charge < -0.3 is 15.4 Å². The second kappa shape index (κ2) is 8.63. The minimum absolute atomic E-state index is 0.191. The molecule has 0 aromatic rings. The Morgan fingerprint density at radius 1 is 1.40 bits per heavy atom. The third kappa shape index (κ3) is 5.80. The van der Waals surface area contributed by atoms with Gasteiger partial charge in [-0.1, -0.05) is 13.8 Å². The molecule has 4 heteroatoms. The molecule has 1 heterocycles. The van der Waals surface area contributed by atoms with Crippen molar-refractivity contribution >= 4 is 5.91 Å². The zero-order valence-corrected chi connectivity index (χ0v) is 13.6. The molecule has 1 fully saturated rings. The molecule has 4 nitrogen and oxygen atoms in total. The maximum atomic E-state index is 12.3. The van der Waals surface area contributed by atoms with Gasteiger partial charge in [0.05, 0.1) is 6.10 Å². The number of ether oxygens (including phenoxy) is 1. The fourth-order valence-corrected chi connectivity index (χ4v) is 2.63. The molecule has 1 aliphatic rings. The fraction of sp³-hybridized carbons (Fsp3) is 0.938. The van der Waals surface area contributed by atoms with Gasteiger partial charge in [0, 0.05) is 18.6 Å². The minimum Gasteiger partial charge on any atom is -0.379 e. The molecule has 1 unspecified atom stereocenters. The van der Waals surface area contributed by atoms with Crippen LogP contribution in [0.25, 0.3) is 0 Å². The van der Waals surface area contributed by atoms with Crippen molar-refractivity contribution in [1.82, 2.24) is 10.6 Å². The number of hydrogen-bond donors (Lipinski definition) is 2. The number of carbonyl (C=O) groups excluding carboxylic acids is 1. The van der Waals surface area contributed by atoms with E-state index in [1.54, 1.807) is 0 Å². The van der Waals surface area contributed by atoms with Gasteiger partial charge in [-0.05, 0) is 58.5 Å². The molecule has 1 rings (SSSR count). The quantitative estimate of drug-likeness (QED) is 0.673. The molecule has 0 aromatic heterocycles. The number of hydrogen-bond acceptors (Lipinski definition) is 3. The Labute approximate surface area is 124 Å². The van der Waals surface area contributed by atoms with Crippen molar-refractivity contribution in [2.45, 2.75) is 59.5 Å². The van der Waals surface area contributed by atoms with E-state index in [1.807, 2.05) is 13.8 Å². The lowest BCUT2D eigenvalue weighted by atomic mass is 9.74. The highest BCUT2D eigenvalue weighted by molar-refractivity contribution is 5.82. The Kier molecular flexibility index (Phi) is 7.52. The summed E-state index contributed by atoms with van der Waals surface area (Å²) in [6.45, 7) is 11.8. The van der Waals surface area contributed by atoms with Crippen LogP contribution in [-0.4, -0.2) is 38.3 Å². The predicted octanol–water partition coefficient (Wildman–Crippen LogP) is 2.33. The summed E-state index contributed by atoms with van der Waals surface area (Å²) < 4.78 is 5.49. The Balaban J connectivity index is 2.20. The first-order chi connectivity index (χ1) is 9.44. The largest absolute Gasteiger partial charge is 0.379 e. The van der Waals surface area contributed by atoms with E-state index in [1.165, 1.54) is 6.42 Å². The van der Waals surface area contributed by atoms with Crippen molar-refractivity contribution in [3.63, 3.8) is 0 Å². The average Bonchev–Trinajstić information content (AvgIpc) is 2.43. The lowest BCUT2D eigenvalue weighted by Gasteiger charge is -2.36. The van der Waals surface area contributed by atoms with Gasteiger partial charge in [0.2, 0.25) is 5.91 Å². The summed E-state index contributed by atoms with van der Waals surface area (Å²) in [5, 5.41) is 6.48. The molecule has 20 heavy (non-hydrogen) atoms. The van der Waals surface area contributed by atoms with Crippen molar-refractivity contribution in [2.75, 3.05) is 26.2 Å². The van der Waals surface area contributed by atoms with Crippen molar-refractivity contribution in [3.05, 3.63) is 0 Å². The summed E-state index contributed by atoms with van der Waals surface area (Å²) in [6.07, 6.45) is 4.60. The predicted molar refractivity (Wildman–Crippen MR) is 82.7 cm³/mol. The van der Waals surface area contributed by atoms with Crippen LogP contribution in [0.3, 0.4) is 0 Å². The Bertz CT molecular complexity index is 284. The van der Waals surface area contributed by atoms with Gasteiger partial charge in [-0.15, -0.1) is 0 Å². The number of carbonyl (C=O) groups is 1. The van der Waals surface area contributed by atoms with Gasteiger partial charge in [-0.2, -0.15) is 0 Å². The lowest BCUT2D eigenvalue weighted by Crippen LogP contribution is -2.47. The first-order valence-corrected chi connectivity index (χ1v) is 8.05.